The number of carbonyl (C=O) groups excluding carboxylic acids is 2. The number of aromatic hydroxyl groups is 1. The summed E-state index contributed by atoms with van der Waals surface area (Å²) in [4.78, 5) is 36.5. The van der Waals surface area contributed by atoms with Crippen LogP contribution in [-0.2, 0) is 14.4 Å². The molecule has 1 saturated heterocycles. The molecule has 0 saturated carbocycles. The summed E-state index contributed by atoms with van der Waals surface area (Å²) in [6.07, 6.45) is 0. The number of likely N-dealkylation sites (tertiary alicyclic amines) is 1. The molecule has 8 nitrogen and oxygen atoms in total. The van der Waals surface area contributed by atoms with Gasteiger partial charge in [0.15, 0.2) is 0 Å². The average Bonchev–Trinajstić information content (AvgIpc) is 2.52. The second-order valence-corrected chi connectivity index (χ2v) is 5.73. The molecule has 0 aliphatic carbocycles. The second-order valence-electron chi connectivity index (χ2n) is 5.73. The normalized spacial score (nSPS) is 17.7. The summed E-state index contributed by atoms with van der Waals surface area (Å²) < 4.78 is 0. The standard InChI is InChI=1S/C16H19N3O5/c1-8(2)13(16(23)24)19-7-11(15(19)22)18-14(21)12(17)9-3-5-10(20)6-4-9/h3-6,11-12,20H,7,17H2,1-2H3,(H,18,21)(H,23,24). The largest absolute Gasteiger partial charge is 0.508 e. The highest BCUT2D eigenvalue weighted by molar-refractivity contribution is 6.00. The number of allylic oxidation sites excluding steroid dienone is 1. The molecule has 1 fully saturated rings. The van der Waals surface area contributed by atoms with Gasteiger partial charge < -0.3 is 26.2 Å². The number of aliphatic carboxylic acids is 1. The van der Waals surface area contributed by atoms with E-state index in [1.54, 1.807) is 13.8 Å². The summed E-state index contributed by atoms with van der Waals surface area (Å²) in [5, 5.41) is 20.9. The predicted molar refractivity (Wildman–Crippen MR) is 84.7 cm³/mol. The number of carbonyl (C=O) groups is 3. The van der Waals surface area contributed by atoms with Gasteiger partial charge in [-0.05, 0) is 37.1 Å². The van der Waals surface area contributed by atoms with E-state index in [1.165, 1.54) is 24.3 Å². The van der Waals surface area contributed by atoms with Gasteiger partial charge in [0.2, 0.25) is 5.91 Å². The van der Waals surface area contributed by atoms with E-state index in [4.69, 9.17) is 10.8 Å². The zero-order valence-corrected chi connectivity index (χ0v) is 13.3. The third kappa shape index (κ3) is 3.38. The minimum Gasteiger partial charge on any atom is -0.508 e. The molecular weight excluding hydrogens is 314 g/mol. The van der Waals surface area contributed by atoms with E-state index in [1.807, 2.05) is 0 Å². The predicted octanol–water partition coefficient (Wildman–Crippen LogP) is 0.0975. The zero-order valence-electron chi connectivity index (χ0n) is 13.3. The molecule has 1 aliphatic rings. The molecule has 2 rings (SSSR count). The van der Waals surface area contributed by atoms with Crippen LogP contribution in [-0.4, -0.2) is 45.5 Å². The fraction of sp³-hybridized carbons (Fsp3) is 0.312. The van der Waals surface area contributed by atoms with E-state index in [0.717, 1.165) is 4.90 Å². The molecule has 1 aromatic carbocycles. The molecule has 1 aromatic rings. The quantitative estimate of drug-likeness (QED) is 0.446. The van der Waals surface area contributed by atoms with Crippen LogP contribution in [0.4, 0.5) is 0 Å². The summed E-state index contributed by atoms with van der Waals surface area (Å²) in [7, 11) is 0. The molecule has 128 valence electrons. The van der Waals surface area contributed by atoms with Crippen molar-refractivity contribution >= 4 is 17.8 Å². The van der Waals surface area contributed by atoms with Crippen LogP contribution in [0.25, 0.3) is 0 Å². The van der Waals surface area contributed by atoms with Gasteiger partial charge in [-0.25, -0.2) is 4.79 Å². The molecule has 5 N–H and O–H groups in total. The van der Waals surface area contributed by atoms with Crippen molar-refractivity contribution in [2.45, 2.75) is 25.9 Å². The maximum Gasteiger partial charge on any atom is 0.352 e. The Hall–Kier alpha value is -2.87. The molecular formula is C16H19N3O5. The number of hydrogen-bond donors (Lipinski definition) is 4. The van der Waals surface area contributed by atoms with E-state index in [-0.39, 0.29) is 18.0 Å². The van der Waals surface area contributed by atoms with Gasteiger partial charge >= 0.3 is 5.97 Å². The summed E-state index contributed by atoms with van der Waals surface area (Å²) >= 11 is 0. The Balaban J connectivity index is 2.00. The number of phenolic OH excluding ortho intramolecular Hbond substituents is 1. The topological polar surface area (TPSA) is 133 Å². The summed E-state index contributed by atoms with van der Waals surface area (Å²) in [6, 6.07) is 4.06. The van der Waals surface area contributed by atoms with Gasteiger partial charge in [-0.3, -0.25) is 9.59 Å². The highest BCUT2D eigenvalue weighted by atomic mass is 16.4. The van der Waals surface area contributed by atoms with Crippen molar-refractivity contribution in [3.8, 4) is 5.75 Å². The van der Waals surface area contributed by atoms with Gasteiger partial charge in [0.05, 0.1) is 6.54 Å². The molecule has 2 unspecified atom stereocenters. The van der Waals surface area contributed by atoms with Crippen LogP contribution in [0.3, 0.4) is 0 Å². The van der Waals surface area contributed by atoms with Crippen LogP contribution in [0.1, 0.15) is 25.5 Å². The van der Waals surface area contributed by atoms with Crippen LogP contribution < -0.4 is 11.1 Å². The minimum absolute atomic E-state index is 0.0547. The lowest BCUT2D eigenvalue weighted by molar-refractivity contribution is -0.149. The van der Waals surface area contributed by atoms with Crippen molar-refractivity contribution in [2.75, 3.05) is 6.54 Å². The third-order valence-electron chi connectivity index (χ3n) is 3.73. The maximum atomic E-state index is 12.1. The van der Waals surface area contributed by atoms with Crippen molar-refractivity contribution in [3.05, 3.63) is 41.1 Å². The van der Waals surface area contributed by atoms with Crippen molar-refractivity contribution in [1.29, 1.82) is 0 Å². The van der Waals surface area contributed by atoms with Gasteiger partial charge in [-0.2, -0.15) is 0 Å². The number of nitrogens with two attached hydrogens (primary N) is 1. The van der Waals surface area contributed by atoms with Crippen molar-refractivity contribution in [1.82, 2.24) is 10.2 Å². The first-order valence-electron chi connectivity index (χ1n) is 7.29. The van der Waals surface area contributed by atoms with Crippen molar-refractivity contribution in [3.63, 3.8) is 0 Å². The highest BCUT2D eigenvalue weighted by Crippen LogP contribution is 2.21. The fourth-order valence-electron chi connectivity index (χ4n) is 2.43. The highest BCUT2D eigenvalue weighted by Gasteiger charge is 2.42. The van der Waals surface area contributed by atoms with Gasteiger partial charge in [0, 0.05) is 0 Å². The number of amides is 2. The van der Waals surface area contributed by atoms with Crippen LogP contribution >= 0.6 is 0 Å². The Morgan fingerprint density at radius 2 is 1.88 bits per heavy atom. The molecule has 1 aliphatic heterocycles. The molecule has 0 bridgehead atoms. The van der Waals surface area contributed by atoms with Crippen molar-refractivity contribution < 1.29 is 24.6 Å². The van der Waals surface area contributed by atoms with Gasteiger partial charge in [-0.1, -0.05) is 12.1 Å². The van der Waals surface area contributed by atoms with E-state index in [0.29, 0.717) is 11.1 Å². The van der Waals surface area contributed by atoms with Crippen LogP contribution in [0.2, 0.25) is 0 Å². The van der Waals surface area contributed by atoms with Gasteiger partial charge in [0.25, 0.3) is 5.91 Å². The van der Waals surface area contributed by atoms with E-state index in [2.05, 4.69) is 5.32 Å². The average molecular weight is 333 g/mol. The van der Waals surface area contributed by atoms with Crippen molar-refractivity contribution in [2.24, 2.45) is 5.73 Å². The number of rotatable bonds is 5. The van der Waals surface area contributed by atoms with Crippen LogP contribution in [0.5, 0.6) is 5.75 Å². The minimum atomic E-state index is -1.19. The maximum absolute atomic E-state index is 12.1. The number of carboxylic acids is 1. The first-order chi connectivity index (χ1) is 11.2. The van der Waals surface area contributed by atoms with E-state index >= 15 is 0 Å². The Labute approximate surface area is 138 Å². The third-order valence-corrected chi connectivity index (χ3v) is 3.73. The zero-order chi connectivity index (χ0) is 18.0. The number of β-lactam (4-membered cyclic amide) rings is 1. The molecule has 24 heavy (non-hydrogen) atoms. The lowest BCUT2D eigenvalue weighted by Gasteiger charge is -2.39. The number of phenols is 1. The Morgan fingerprint density at radius 3 is 2.33 bits per heavy atom. The SMILES string of the molecule is CC(C)=C(C(=O)O)N1CC(NC(=O)C(N)c2ccc(O)cc2)C1=O. The monoisotopic (exact) mass is 333 g/mol. The Bertz CT molecular complexity index is 707. The number of hydrogen-bond acceptors (Lipinski definition) is 5. The van der Waals surface area contributed by atoms with E-state index < -0.39 is 29.9 Å². The van der Waals surface area contributed by atoms with Gasteiger partial charge in [-0.15, -0.1) is 0 Å². The first-order valence-corrected chi connectivity index (χ1v) is 7.29. The number of benzene rings is 1. The fourth-order valence-corrected chi connectivity index (χ4v) is 2.43. The molecule has 8 heteroatoms. The number of nitrogens with zero attached hydrogens (tertiary/aromatic N) is 1. The second kappa shape index (κ2) is 6.71. The van der Waals surface area contributed by atoms with Crippen LogP contribution in [0.15, 0.2) is 35.5 Å². The lowest BCUT2D eigenvalue weighted by Crippen LogP contribution is -2.64. The molecule has 1 heterocycles. The number of carboxylic acid groups (broad SMARTS) is 1. The number of nitrogens with one attached hydrogen (secondary N) is 1. The molecule has 0 aromatic heterocycles. The Morgan fingerprint density at radius 1 is 1.29 bits per heavy atom. The Kier molecular flexibility index (Phi) is 4.89. The van der Waals surface area contributed by atoms with Gasteiger partial charge in [0.1, 0.15) is 23.5 Å². The summed E-state index contributed by atoms with van der Waals surface area (Å²) in [5.41, 5.74) is 6.75. The lowest BCUT2D eigenvalue weighted by atomic mass is 10.0. The molecule has 2 amide bonds. The summed E-state index contributed by atoms with van der Waals surface area (Å²) in [5.74, 6) is -2.17. The van der Waals surface area contributed by atoms with E-state index in [9.17, 15) is 19.5 Å². The first kappa shape index (κ1) is 17.5. The summed E-state index contributed by atoms with van der Waals surface area (Å²) in [6.45, 7) is 3.28. The van der Waals surface area contributed by atoms with Crippen LogP contribution in [0, 0.1) is 0 Å². The smallest absolute Gasteiger partial charge is 0.352 e. The molecule has 2 atom stereocenters. The molecule has 0 spiro atoms. The molecule has 0 radical (unpaired) electrons.